The molecular formula is C13H22N2O2. The number of hydrogen-bond donors (Lipinski definition) is 1. The van der Waals surface area contributed by atoms with Crippen molar-refractivity contribution in [2.75, 3.05) is 20.3 Å². The van der Waals surface area contributed by atoms with Gasteiger partial charge in [0.15, 0.2) is 0 Å². The minimum absolute atomic E-state index is 0.145. The summed E-state index contributed by atoms with van der Waals surface area (Å²) in [5.74, 6) is 0.647. The van der Waals surface area contributed by atoms with Crippen molar-refractivity contribution in [3.8, 4) is 5.88 Å². The van der Waals surface area contributed by atoms with Crippen LogP contribution in [0.15, 0.2) is 18.2 Å². The number of nitrogens with zero attached hydrogens (tertiary/aromatic N) is 1. The molecule has 0 bridgehead atoms. The molecule has 1 aromatic heterocycles. The van der Waals surface area contributed by atoms with Crippen LogP contribution < -0.4 is 10.1 Å². The molecule has 0 aromatic carbocycles. The quantitative estimate of drug-likeness (QED) is 0.789. The van der Waals surface area contributed by atoms with Gasteiger partial charge in [-0.1, -0.05) is 6.07 Å². The van der Waals surface area contributed by atoms with Crippen LogP contribution in [0.4, 0.5) is 0 Å². The molecule has 0 radical (unpaired) electrons. The van der Waals surface area contributed by atoms with Gasteiger partial charge in [-0.2, -0.15) is 0 Å². The normalized spacial score (nSPS) is 11.5. The van der Waals surface area contributed by atoms with Gasteiger partial charge >= 0.3 is 0 Å². The topological polar surface area (TPSA) is 43.4 Å². The van der Waals surface area contributed by atoms with E-state index in [1.807, 2.05) is 25.1 Å². The van der Waals surface area contributed by atoms with Crippen molar-refractivity contribution >= 4 is 0 Å². The van der Waals surface area contributed by atoms with Crippen molar-refractivity contribution < 1.29 is 9.47 Å². The maximum atomic E-state index is 5.60. The number of hydrogen-bond acceptors (Lipinski definition) is 4. The lowest BCUT2D eigenvalue weighted by molar-refractivity contribution is -0.00902. The van der Waals surface area contributed by atoms with Gasteiger partial charge in [0.05, 0.1) is 18.4 Å². The number of rotatable bonds is 7. The van der Waals surface area contributed by atoms with E-state index >= 15 is 0 Å². The molecular weight excluding hydrogens is 216 g/mol. The second kappa shape index (κ2) is 6.57. The van der Waals surface area contributed by atoms with Crippen molar-refractivity contribution in [2.24, 2.45) is 0 Å². The van der Waals surface area contributed by atoms with Gasteiger partial charge in [0.25, 0.3) is 0 Å². The molecule has 4 heteroatoms. The van der Waals surface area contributed by atoms with Gasteiger partial charge in [0.1, 0.15) is 0 Å². The van der Waals surface area contributed by atoms with Gasteiger partial charge in [-0.25, -0.2) is 4.98 Å². The van der Waals surface area contributed by atoms with Crippen molar-refractivity contribution in [3.63, 3.8) is 0 Å². The van der Waals surface area contributed by atoms with Crippen LogP contribution in [0, 0.1) is 0 Å². The first-order valence-corrected chi connectivity index (χ1v) is 5.92. The van der Waals surface area contributed by atoms with Crippen LogP contribution in [0.2, 0.25) is 0 Å². The van der Waals surface area contributed by atoms with Crippen molar-refractivity contribution in [1.29, 1.82) is 0 Å². The highest BCUT2D eigenvalue weighted by molar-refractivity contribution is 5.15. The maximum absolute atomic E-state index is 5.60. The third-order valence-electron chi connectivity index (χ3n) is 2.38. The van der Waals surface area contributed by atoms with E-state index in [1.54, 1.807) is 7.11 Å². The van der Waals surface area contributed by atoms with E-state index in [9.17, 15) is 0 Å². The molecule has 96 valence electrons. The Labute approximate surface area is 103 Å². The monoisotopic (exact) mass is 238 g/mol. The summed E-state index contributed by atoms with van der Waals surface area (Å²) in [5.41, 5.74) is 0.824. The molecule has 1 N–H and O–H groups in total. The zero-order valence-electron chi connectivity index (χ0n) is 11.1. The predicted octanol–water partition coefficient (Wildman–Crippen LogP) is 1.99. The summed E-state index contributed by atoms with van der Waals surface area (Å²) in [6, 6.07) is 5.76. The Balaban J connectivity index is 2.40. The van der Waals surface area contributed by atoms with Crippen LogP contribution in [0.25, 0.3) is 0 Å². The first-order chi connectivity index (χ1) is 8.07. The minimum Gasteiger partial charge on any atom is -0.481 e. The van der Waals surface area contributed by atoms with E-state index in [4.69, 9.17) is 9.47 Å². The smallest absolute Gasteiger partial charge is 0.213 e. The number of methoxy groups -OCH3 is 1. The van der Waals surface area contributed by atoms with Crippen LogP contribution >= 0.6 is 0 Å². The number of nitrogens with one attached hydrogen (secondary N) is 1. The summed E-state index contributed by atoms with van der Waals surface area (Å²) >= 11 is 0. The van der Waals surface area contributed by atoms with E-state index in [2.05, 4.69) is 24.1 Å². The Morgan fingerprint density at radius 2 is 2.12 bits per heavy atom. The van der Waals surface area contributed by atoms with E-state index in [0.29, 0.717) is 12.4 Å². The molecule has 0 fully saturated rings. The van der Waals surface area contributed by atoms with E-state index in [1.165, 1.54) is 0 Å². The zero-order chi connectivity index (χ0) is 12.7. The fourth-order valence-corrected chi connectivity index (χ4v) is 1.60. The molecule has 0 saturated carbocycles. The van der Waals surface area contributed by atoms with Gasteiger partial charge in [0, 0.05) is 25.8 Å². The predicted molar refractivity (Wildman–Crippen MR) is 68.2 cm³/mol. The molecule has 1 rings (SSSR count). The second-order valence-corrected chi connectivity index (χ2v) is 4.47. The highest BCUT2D eigenvalue weighted by Crippen LogP contribution is 2.09. The molecule has 0 aliphatic heterocycles. The lowest BCUT2D eigenvalue weighted by Crippen LogP contribution is -2.37. The Kier molecular flexibility index (Phi) is 5.38. The third kappa shape index (κ3) is 5.15. The lowest BCUT2D eigenvalue weighted by atomic mass is 10.1. The zero-order valence-corrected chi connectivity index (χ0v) is 11.1. The number of ether oxygens (including phenoxy) is 2. The van der Waals surface area contributed by atoms with E-state index in [0.717, 1.165) is 18.8 Å². The highest BCUT2D eigenvalue weighted by atomic mass is 16.5. The Morgan fingerprint density at radius 3 is 2.76 bits per heavy atom. The van der Waals surface area contributed by atoms with Crippen LogP contribution in [0.5, 0.6) is 5.88 Å². The Morgan fingerprint density at radius 1 is 1.35 bits per heavy atom. The van der Waals surface area contributed by atoms with Crippen LogP contribution in [-0.2, 0) is 11.3 Å². The van der Waals surface area contributed by atoms with Crippen molar-refractivity contribution in [3.05, 3.63) is 23.9 Å². The molecule has 17 heavy (non-hydrogen) atoms. The molecule has 0 saturated heterocycles. The molecule has 1 aromatic rings. The molecule has 4 nitrogen and oxygen atoms in total. The fourth-order valence-electron chi connectivity index (χ4n) is 1.60. The van der Waals surface area contributed by atoms with Crippen molar-refractivity contribution in [2.45, 2.75) is 32.9 Å². The van der Waals surface area contributed by atoms with Gasteiger partial charge in [0.2, 0.25) is 5.88 Å². The molecule has 0 unspecified atom stereocenters. The van der Waals surface area contributed by atoms with Gasteiger partial charge < -0.3 is 14.8 Å². The average molecular weight is 238 g/mol. The molecule has 0 amide bonds. The van der Waals surface area contributed by atoms with Crippen molar-refractivity contribution in [1.82, 2.24) is 10.3 Å². The first-order valence-electron chi connectivity index (χ1n) is 5.92. The Bertz CT molecular complexity index is 340. The van der Waals surface area contributed by atoms with Crippen LogP contribution in [-0.4, -0.2) is 30.8 Å². The van der Waals surface area contributed by atoms with Gasteiger partial charge in [-0.3, -0.25) is 0 Å². The Hall–Kier alpha value is -1.13. The standard InChI is InChI=1S/C13H22N2O2/c1-5-17-13(2,3)10-14-9-11-7-6-8-12(15-11)16-4/h6-8,14H,5,9-10H2,1-4H3. The largest absolute Gasteiger partial charge is 0.481 e. The second-order valence-electron chi connectivity index (χ2n) is 4.47. The number of aromatic nitrogens is 1. The summed E-state index contributed by atoms with van der Waals surface area (Å²) < 4.78 is 10.7. The maximum Gasteiger partial charge on any atom is 0.213 e. The SMILES string of the molecule is CCOC(C)(C)CNCc1cccc(OC)n1. The molecule has 0 aliphatic rings. The lowest BCUT2D eigenvalue weighted by Gasteiger charge is -2.24. The van der Waals surface area contributed by atoms with Gasteiger partial charge in [-0.15, -0.1) is 0 Å². The first kappa shape index (κ1) is 13.9. The van der Waals surface area contributed by atoms with E-state index in [-0.39, 0.29) is 5.60 Å². The molecule has 0 atom stereocenters. The molecule has 0 spiro atoms. The van der Waals surface area contributed by atoms with Crippen LogP contribution in [0.1, 0.15) is 26.5 Å². The van der Waals surface area contributed by atoms with Crippen LogP contribution in [0.3, 0.4) is 0 Å². The van der Waals surface area contributed by atoms with E-state index < -0.39 is 0 Å². The summed E-state index contributed by atoms with van der Waals surface area (Å²) in [7, 11) is 1.62. The minimum atomic E-state index is -0.145. The average Bonchev–Trinajstić information content (AvgIpc) is 2.29. The third-order valence-corrected chi connectivity index (χ3v) is 2.38. The highest BCUT2D eigenvalue weighted by Gasteiger charge is 2.16. The summed E-state index contributed by atoms with van der Waals surface area (Å²) in [6.07, 6.45) is 0. The fraction of sp³-hybridized carbons (Fsp3) is 0.615. The summed E-state index contributed by atoms with van der Waals surface area (Å²) in [4.78, 5) is 4.33. The molecule has 1 heterocycles. The van der Waals surface area contributed by atoms with Gasteiger partial charge in [-0.05, 0) is 26.8 Å². The molecule has 0 aliphatic carbocycles. The summed E-state index contributed by atoms with van der Waals surface area (Å²) in [5, 5.41) is 3.34. The number of pyridine rings is 1. The summed E-state index contributed by atoms with van der Waals surface area (Å²) in [6.45, 7) is 8.38.